The van der Waals surface area contributed by atoms with Crippen molar-refractivity contribution < 1.29 is 9.67 Å². The first-order valence-corrected chi connectivity index (χ1v) is 17.5. The second-order valence-corrected chi connectivity index (χ2v) is 12.8. The fraction of sp³-hybridized carbons (Fsp3) is 0.278. The number of aromatic nitrogens is 1. The molecule has 0 aliphatic carbocycles. The molecular weight excluding hydrogens is 599 g/mol. The van der Waals surface area contributed by atoms with E-state index in [2.05, 4.69) is 101 Å². The topological polar surface area (TPSA) is 72.4 Å². The lowest BCUT2D eigenvalue weighted by molar-refractivity contribution is -0.696. The predicted molar refractivity (Wildman–Crippen MR) is 198 cm³/mol. The minimum absolute atomic E-state index is 0.0766. The number of nitrogens with zero attached hydrogens (tertiary/aromatic N) is 5. The van der Waals surface area contributed by atoms with Gasteiger partial charge in [-0.05, 0) is 53.6 Å². The molecule has 0 saturated carbocycles. The molecule has 3 rings (SSSR count). The number of nitroso groups, excluding NO2 is 1. The number of aliphatic imine (C=N–C) groups is 1. The Labute approximate surface area is 276 Å². The van der Waals surface area contributed by atoms with Crippen molar-refractivity contribution in [2.24, 2.45) is 10.2 Å². The van der Waals surface area contributed by atoms with E-state index in [-0.39, 0.29) is 13.2 Å². The summed E-state index contributed by atoms with van der Waals surface area (Å²) in [5.74, 6) is 2.11. The van der Waals surface area contributed by atoms with Crippen LogP contribution in [0.2, 0.25) is 0 Å². The molecule has 0 fully saturated rings. The van der Waals surface area contributed by atoms with Crippen LogP contribution in [0.3, 0.4) is 0 Å². The number of hydrogen-bond donors (Lipinski definition) is 1. The summed E-state index contributed by atoms with van der Waals surface area (Å²) in [4.78, 5) is 19.1. The molecule has 3 aromatic rings. The number of benzene rings is 2. The Bertz CT molecular complexity index is 1420. The Kier molecular flexibility index (Phi) is 17.2. The maximum Gasteiger partial charge on any atom is 0.205 e. The largest absolute Gasteiger partial charge is 0.394 e. The monoisotopic (exact) mass is 642 g/mol. The summed E-state index contributed by atoms with van der Waals surface area (Å²) in [6, 6.07) is 23.2. The summed E-state index contributed by atoms with van der Waals surface area (Å²) in [5, 5.41) is 11.7. The molecule has 1 aromatic heterocycles. The van der Waals surface area contributed by atoms with Crippen LogP contribution in [0, 0.1) is 4.91 Å². The quantitative estimate of drug-likeness (QED) is 0.0356. The zero-order valence-electron chi connectivity index (χ0n) is 26.2. The van der Waals surface area contributed by atoms with Gasteiger partial charge < -0.3 is 14.9 Å². The zero-order chi connectivity index (χ0) is 32.0. The van der Waals surface area contributed by atoms with E-state index in [0.29, 0.717) is 13.1 Å². The fourth-order valence-corrected chi connectivity index (χ4v) is 6.27. The standard InChI is InChI=1S/C36H44N5O2S2/c1-39(34-17-12-32(13-18-34)10-6-4-3-5-8-22-37-24-29-42)27-30-44-45-31-28-40(2)35-19-14-33(15-20-35)16-21-36-11-7-9-25-41(36)26-23-38-43/h3-22,25,42H,23-24,26-31H2,1-2H3/q+1/b4-3+,8-5-,10-6+,37-22+. The van der Waals surface area contributed by atoms with E-state index in [1.165, 1.54) is 11.4 Å². The van der Waals surface area contributed by atoms with Crippen LogP contribution in [0.5, 0.6) is 0 Å². The van der Waals surface area contributed by atoms with Crippen molar-refractivity contribution in [3.8, 4) is 0 Å². The molecule has 2 aromatic carbocycles. The molecule has 1 N–H and O–H groups in total. The smallest absolute Gasteiger partial charge is 0.205 e. The van der Waals surface area contributed by atoms with Crippen LogP contribution in [-0.2, 0) is 6.54 Å². The third-order valence-electron chi connectivity index (χ3n) is 6.78. The SMILES string of the molecule is CN(CCSSCCN(C)c1ccc(/C=C/c2cccc[n+]2CCN=O)cc1)c1ccc(/C=C/C=C/C=C\C=N\CCO)cc1. The number of allylic oxidation sites excluding steroid dienone is 5. The van der Waals surface area contributed by atoms with E-state index in [4.69, 9.17) is 5.11 Å². The highest BCUT2D eigenvalue weighted by atomic mass is 33.1. The van der Waals surface area contributed by atoms with Gasteiger partial charge in [-0.25, -0.2) is 0 Å². The van der Waals surface area contributed by atoms with Crippen LogP contribution in [-0.4, -0.2) is 69.7 Å². The number of aliphatic hydroxyl groups is 1. The van der Waals surface area contributed by atoms with Gasteiger partial charge in [0.05, 0.1) is 13.2 Å². The minimum Gasteiger partial charge on any atom is -0.394 e. The molecule has 0 spiro atoms. The molecule has 236 valence electrons. The van der Waals surface area contributed by atoms with Crippen molar-refractivity contribution >= 4 is 57.4 Å². The van der Waals surface area contributed by atoms with Gasteiger partial charge in [-0.3, -0.25) is 4.99 Å². The second kappa shape index (κ2) is 21.7. The van der Waals surface area contributed by atoms with Crippen molar-refractivity contribution in [2.45, 2.75) is 6.54 Å². The van der Waals surface area contributed by atoms with Crippen LogP contribution in [0.15, 0.2) is 113 Å². The molecule has 1 heterocycles. The van der Waals surface area contributed by atoms with Crippen LogP contribution >= 0.6 is 21.6 Å². The highest BCUT2D eigenvalue weighted by Gasteiger charge is 2.06. The van der Waals surface area contributed by atoms with E-state index < -0.39 is 0 Å². The summed E-state index contributed by atoms with van der Waals surface area (Å²) in [6.45, 7) is 3.33. The number of pyridine rings is 1. The summed E-state index contributed by atoms with van der Waals surface area (Å²) in [5.41, 5.74) is 5.76. The first kappa shape index (κ1) is 35.6. The van der Waals surface area contributed by atoms with Crippen molar-refractivity contribution in [1.29, 1.82) is 0 Å². The van der Waals surface area contributed by atoms with Gasteiger partial charge in [0.1, 0.15) is 6.54 Å². The molecule has 0 unspecified atom stereocenters. The first-order chi connectivity index (χ1) is 22.1. The molecule has 0 bridgehead atoms. The highest BCUT2D eigenvalue weighted by molar-refractivity contribution is 8.76. The molecule has 7 nitrogen and oxygen atoms in total. The second-order valence-electron chi connectivity index (χ2n) is 10.1. The third-order valence-corrected chi connectivity index (χ3v) is 9.14. The van der Waals surface area contributed by atoms with Crippen molar-refractivity contribution in [1.82, 2.24) is 0 Å². The Hall–Kier alpha value is -3.92. The summed E-state index contributed by atoms with van der Waals surface area (Å²) >= 11 is 0. The summed E-state index contributed by atoms with van der Waals surface area (Å²) in [6.07, 6.45) is 19.6. The lowest BCUT2D eigenvalue weighted by Gasteiger charge is -2.20. The highest BCUT2D eigenvalue weighted by Crippen LogP contribution is 2.23. The molecule has 9 heteroatoms. The predicted octanol–water partition coefficient (Wildman–Crippen LogP) is 7.05. The number of aliphatic hydroxyl groups excluding tert-OH is 1. The average Bonchev–Trinajstić information content (AvgIpc) is 3.07. The van der Waals surface area contributed by atoms with E-state index >= 15 is 0 Å². The molecule has 0 radical (unpaired) electrons. The van der Waals surface area contributed by atoms with Gasteiger partial charge in [-0.15, -0.1) is 0 Å². The number of hydrogen-bond acceptors (Lipinski definition) is 8. The summed E-state index contributed by atoms with van der Waals surface area (Å²) < 4.78 is 2.03. The van der Waals surface area contributed by atoms with E-state index in [1.54, 1.807) is 6.21 Å². The number of rotatable bonds is 20. The molecule has 0 atom stereocenters. The average molecular weight is 643 g/mol. The Balaban J connectivity index is 1.32. The summed E-state index contributed by atoms with van der Waals surface area (Å²) in [7, 11) is 8.13. The Morgan fingerprint density at radius 1 is 0.733 bits per heavy atom. The van der Waals surface area contributed by atoms with Crippen LogP contribution in [0.1, 0.15) is 16.8 Å². The molecule has 0 aliphatic rings. The van der Waals surface area contributed by atoms with E-state index in [9.17, 15) is 4.91 Å². The van der Waals surface area contributed by atoms with Crippen molar-refractivity contribution in [3.05, 3.63) is 125 Å². The number of anilines is 2. The maximum absolute atomic E-state index is 10.5. The van der Waals surface area contributed by atoms with Crippen molar-refractivity contribution in [3.63, 3.8) is 0 Å². The van der Waals surface area contributed by atoms with Crippen LogP contribution < -0.4 is 14.4 Å². The van der Waals surface area contributed by atoms with Gasteiger partial charge in [-0.1, -0.05) is 81.4 Å². The van der Waals surface area contributed by atoms with Gasteiger partial charge in [0.2, 0.25) is 5.69 Å². The first-order valence-electron chi connectivity index (χ1n) is 15.0. The van der Waals surface area contributed by atoms with Crippen LogP contribution in [0.4, 0.5) is 11.4 Å². The van der Waals surface area contributed by atoms with Gasteiger partial charge in [0.15, 0.2) is 12.7 Å². The molecule has 45 heavy (non-hydrogen) atoms. The molecule has 0 amide bonds. The van der Waals surface area contributed by atoms with Gasteiger partial charge >= 0.3 is 0 Å². The minimum atomic E-state index is 0.0766. The zero-order valence-corrected chi connectivity index (χ0v) is 27.8. The van der Waals surface area contributed by atoms with Gasteiger partial charge in [0, 0.05) is 74.5 Å². The molecule has 0 aliphatic heterocycles. The molecular formula is C36H44N5O2S2+. The third kappa shape index (κ3) is 14.2. The van der Waals surface area contributed by atoms with Crippen LogP contribution in [0.25, 0.3) is 18.2 Å². The van der Waals surface area contributed by atoms with Gasteiger partial charge in [0.25, 0.3) is 0 Å². The fourth-order valence-electron chi connectivity index (χ4n) is 4.18. The lowest BCUT2D eigenvalue weighted by atomic mass is 10.1. The Morgan fingerprint density at radius 2 is 1.33 bits per heavy atom. The normalized spacial score (nSPS) is 12.0. The van der Waals surface area contributed by atoms with Crippen molar-refractivity contribution in [2.75, 3.05) is 68.2 Å². The van der Waals surface area contributed by atoms with Gasteiger partial charge in [-0.2, -0.15) is 9.47 Å². The molecule has 0 saturated heterocycles. The maximum atomic E-state index is 10.5. The van der Waals surface area contributed by atoms with E-state index in [1.807, 2.05) is 80.9 Å². The Morgan fingerprint density at radius 3 is 1.96 bits per heavy atom. The lowest BCUT2D eigenvalue weighted by Crippen LogP contribution is -2.37. The van der Waals surface area contributed by atoms with E-state index in [0.717, 1.165) is 41.4 Å².